The van der Waals surface area contributed by atoms with Crippen LogP contribution in [0.5, 0.6) is 0 Å². The van der Waals surface area contributed by atoms with Gasteiger partial charge in [0.1, 0.15) is 5.82 Å². The molecular weight excluding hydrogens is 167 g/mol. The minimum Gasteiger partial charge on any atom is -0.329 e. The molecule has 0 fully saturated rings. The Kier molecular flexibility index (Phi) is 3.86. The summed E-state index contributed by atoms with van der Waals surface area (Å²) < 4.78 is 12.5. The fourth-order valence-corrected chi connectivity index (χ4v) is 1.12. The van der Waals surface area contributed by atoms with Gasteiger partial charge in [-0.15, -0.1) is 0 Å². The molecule has 0 radical (unpaired) electrons. The van der Waals surface area contributed by atoms with Crippen LogP contribution in [0.3, 0.4) is 0 Å². The molecule has 0 aliphatic rings. The molecule has 0 amide bonds. The maximum Gasteiger partial charge on any atom is 0.123 e. The van der Waals surface area contributed by atoms with Gasteiger partial charge in [-0.05, 0) is 30.5 Å². The van der Waals surface area contributed by atoms with E-state index in [1.807, 2.05) is 0 Å². The molecule has 0 bridgehead atoms. The fourth-order valence-electron chi connectivity index (χ4n) is 1.12. The average molecular weight is 182 g/mol. The average Bonchev–Trinajstić information content (AvgIpc) is 2.16. The first kappa shape index (κ1) is 10.2. The minimum absolute atomic E-state index is 0.0463. The largest absolute Gasteiger partial charge is 0.329 e. The van der Waals surface area contributed by atoms with Crippen LogP contribution in [-0.4, -0.2) is 12.6 Å². The van der Waals surface area contributed by atoms with Gasteiger partial charge in [0.2, 0.25) is 0 Å². The topological polar surface area (TPSA) is 52.0 Å². The quantitative estimate of drug-likeness (QED) is 0.731. The lowest BCUT2D eigenvalue weighted by molar-refractivity contribution is 0.615. The molecule has 3 heteroatoms. The molecule has 0 heterocycles. The van der Waals surface area contributed by atoms with Crippen LogP contribution in [0.4, 0.5) is 4.39 Å². The Balaban J connectivity index is 2.41. The van der Waals surface area contributed by atoms with Crippen molar-refractivity contribution in [1.29, 1.82) is 0 Å². The zero-order valence-electron chi connectivity index (χ0n) is 7.54. The molecule has 0 aromatic heterocycles. The van der Waals surface area contributed by atoms with Gasteiger partial charge in [0.05, 0.1) is 0 Å². The van der Waals surface area contributed by atoms with Crippen molar-refractivity contribution in [3.63, 3.8) is 0 Å². The number of hydrogen-bond donors (Lipinski definition) is 2. The van der Waals surface area contributed by atoms with Crippen molar-refractivity contribution in [1.82, 2.24) is 0 Å². The third-order valence-electron chi connectivity index (χ3n) is 2.02. The lowest BCUT2D eigenvalue weighted by Crippen LogP contribution is -2.29. The molecule has 1 rings (SSSR count). The summed E-state index contributed by atoms with van der Waals surface area (Å²) in [5, 5.41) is 0. The fraction of sp³-hybridized carbons (Fsp3) is 0.400. The number of rotatable bonds is 4. The SMILES string of the molecule is NCC(N)CCc1ccc(F)cc1. The Morgan fingerprint density at radius 1 is 1.23 bits per heavy atom. The highest BCUT2D eigenvalue weighted by molar-refractivity contribution is 5.16. The van der Waals surface area contributed by atoms with Crippen molar-refractivity contribution in [2.24, 2.45) is 11.5 Å². The van der Waals surface area contributed by atoms with Crippen molar-refractivity contribution in [2.45, 2.75) is 18.9 Å². The van der Waals surface area contributed by atoms with Gasteiger partial charge < -0.3 is 11.5 Å². The Hall–Kier alpha value is -0.930. The Labute approximate surface area is 77.7 Å². The molecule has 0 aliphatic heterocycles. The monoisotopic (exact) mass is 182 g/mol. The molecule has 1 aromatic rings. The summed E-state index contributed by atoms with van der Waals surface area (Å²) in [5.41, 5.74) is 12.1. The van der Waals surface area contributed by atoms with Crippen LogP contribution < -0.4 is 11.5 Å². The summed E-state index contributed by atoms with van der Waals surface area (Å²) in [4.78, 5) is 0. The van der Waals surface area contributed by atoms with E-state index in [4.69, 9.17) is 11.5 Å². The smallest absolute Gasteiger partial charge is 0.123 e. The van der Waals surface area contributed by atoms with Gasteiger partial charge in [-0.25, -0.2) is 4.39 Å². The second-order valence-corrected chi connectivity index (χ2v) is 3.16. The van der Waals surface area contributed by atoms with E-state index >= 15 is 0 Å². The van der Waals surface area contributed by atoms with E-state index in [-0.39, 0.29) is 11.9 Å². The summed E-state index contributed by atoms with van der Waals surface area (Å²) in [6.07, 6.45) is 1.71. The predicted molar refractivity (Wildman–Crippen MR) is 51.8 cm³/mol. The van der Waals surface area contributed by atoms with Gasteiger partial charge in [0.25, 0.3) is 0 Å². The van der Waals surface area contributed by atoms with E-state index in [1.54, 1.807) is 12.1 Å². The highest BCUT2D eigenvalue weighted by atomic mass is 19.1. The van der Waals surface area contributed by atoms with Crippen molar-refractivity contribution in [3.8, 4) is 0 Å². The van der Waals surface area contributed by atoms with E-state index in [2.05, 4.69) is 0 Å². The second-order valence-electron chi connectivity index (χ2n) is 3.16. The van der Waals surface area contributed by atoms with Crippen LogP contribution >= 0.6 is 0 Å². The molecule has 1 atom stereocenters. The Bertz CT molecular complexity index is 246. The molecule has 2 nitrogen and oxygen atoms in total. The van der Waals surface area contributed by atoms with Crippen LogP contribution in [0.25, 0.3) is 0 Å². The summed E-state index contributed by atoms with van der Waals surface area (Å²) in [6.45, 7) is 0.501. The minimum atomic E-state index is -0.202. The molecule has 13 heavy (non-hydrogen) atoms. The first-order valence-electron chi connectivity index (χ1n) is 4.42. The van der Waals surface area contributed by atoms with Crippen LogP contribution in [0.15, 0.2) is 24.3 Å². The van der Waals surface area contributed by atoms with Crippen LogP contribution in [0, 0.1) is 5.82 Å². The first-order valence-corrected chi connectivity index (χ1v) is 4.42. The molecule has 72 valence electrons. The van der Waals surface area contributed by atoms with E-state index in [0.717, 1.165) is 18.4 Å². The summed E-state index contributed by atoms with van der Waals surface area (Å²) in [5.74, 6) is -0.202. The highest BCUT2D eigenvalue weighted by Gasteiger charge is 2.00. The molecule has 4 N–H and O–H groups in total. The van der Waals surface area contributed by atoms with Crippen LogP contribution in [-0.2, 0) is 6.42 Å². The van der Waals surface area contributed by atoms with E-state index in [9.17, 15) is 4.39 Å². The summed E-state index contributed by atoms with van der Waals surface area (Å²) in [7, 11) is 0. The molecule has 0 saturated heterocycles. The van der Waals surface area contributed by atoms with Crippen molar-refractivity contribution in [3.05, 3.63) is 35.6 Å². The zero-order chi connectivity index (χ0) is 9.68. The second kappa shape index (κ2) is 4.94. The summed E-state index contributed by atoms with van der Waals surface area (Å²) >= 11 is 0. The molecular formula is C10H15FN2. The third-order valence-corrected chi connectivity index (χ3v) is 2.02. The molecule has 1 aromatic carbocycles. The van der Waals surface area contributed by atoms with Crippen molar-refractivity contribution in [2.75, 3.05) is 6.54 Å². The molecule has 0 spiro atoms. The Morgan fingerprint density at radius 3 is 2.38 bits per heavy atom. The maximum absolute atomic E-state index is 12.5. The van der Waals surface area contributed by atoms with Crippen molar-refractivity contribution >= 4 is 0 Å². The lowest BCUT2D eigenvalue weighted by atomic mass is 10.1. The Morgan fingerprint density at radius 2 is 1.85 bits per heavy atom. The van der Waals surface area contributed by atoms with Gasteiger partial charge in [-0.3, -0.25) is 0 Å². The van der Waals surface area contributed by atoms with Gasteiger partial charge in [0.15, 0.2) is 0 Å². The number of aryl methyl sites for hydroxylation is 1. The number of hydrogen-bond acceptors (Lipinski definition) is 2. The van der Waals surface area contributed by atoms with Gasteiger partial charge in [0, 0.05) is 12.6 Å². The van der Waals surface area contributed by atoms with Gasteiger partial charge >= 0.3 is 0 Å². The lowest BCUT2D eigenvalue weighted by Gasteiger charge is -2.07. The standard InChI is InChI=1S/C10H15FN2/c11-9-4-1-8(2-5-9)3-6-10(13)7-12/h1-2,4-5,10H,3,6-7,12-13H2. The van der Waals surface area contributed by atoms with Crippen LogP contribution in [0.1, 0.15) is 12.0 Å². The molecule has 0 aliphatic carbocycles. The van der Waals surface area contributed by atoms with Gasteiger partial charge in [-0.1, -0.05) is 12.1 Å². The molecule has 1 unspecified atom stereocenters. The van der Waals surface area contributed by atoms with E-state index in [1.165, 1.54) is 12.1 Å². The molecule has 0 saturated carbocycles. The van der Waals surface area contributed by atoms with Crippen LogP contribution in [0.2, 0.25) is 0 Å². The summed E-state index contributed by atoms with van der Waals surface area (Å²) in [6, 6.07) is 6.52. The van der Waals surface area contributed by atoms with E-state index < -0.39 is 0 Å². The predicted octanol–water partition coefficient (Wildman–Crippen LogP) is 1.04. The van der Waals surface area contributed by atoms with E-state index in [0.29, 0.717) is 6.54 Å². The number of benzene rings is 1. The van der Waals surface area contributed by atoms with Crippen molar-refractivity contribution < 1.29 is 4.39 Å². The maximum atomic E-state index is 12.5. The normalized spacial score (nSPS) is 12.8. The van der Waals surface area contributed by atoms with Gasteiger partial charge in [-0.2, -0.15) is 0 Å². The number of nitrogens with two attached hydrogens (primary N) is 2. The zero-order valence-corrected chi connectivity index (χ0v) is 7.54. The first-order chi connectivity index (χ1) is 6.22. The highest BCUT2D eigenvalue weighted by Crippen LogP contribution is 2.05. The third kappa shape index (κ3) is 3.53. The number of halogens is 1.